The van der Waals surface area contributed by atoms with Crippen LogP contribution in [0.2, 0.25) is 0 Å². The number of aliphatic hydroxyl groups excluding tert-OH is 36. The van der Waals surface area contributed by atoms with Gasteiger partial charge in [0.1, 0.15) is 220 Å². The molecule has 9 rings (SSSR count). The molecule has 810 valence electrons. The van der Waals surface area contributed by atoms with Crippen LogP contribution in [0.5, 0.6) is 0 Å². The average Bonchev–Trinajstić information content (AvgIpc) is 0.784. The zero-order valence-corrected chi connectivity index (χ0v) is 78.5. The third kappa shape index (κ3) is 40.3. The Morgan fingerprint density at radius 1 is 0.163 bits per heavy atom. The molecule has 54 nitrogen and oxygen atoms in total. The van der Waals surface area contributed by atoms with Crippen LogP contribution >= 0.6 is 0 Å². The number of rotatable bonds is 30. The van der Waals surface area contributed by atoms with E-state index in [1.807, 2.05) is 20.8 Å². The molecule has 21 unspecified atom stereocenters. The lowest BCUT2D eigenvalue weighted by Gasteiger charge is -2.40. The van der Waals surface area contributed by atoms with E-state index in [-0.39, 0.29) is 36.6 Å². The zero-order valence-electron chi connectivity index (χ0n) is 78.5. The van der Waals surface area contributed by atoms with E-state index < -0.39 is 336 Å². The molecule has 9 saturated heterocycles. The fraction of sp³-hybridized carbons (Fsp3) is 1.00. The van der Waals surface area contributed by atoms with E-state index in [4.69, 9.17) is 131 Å². The van der Waals surface area contributed by atoms with Crippen LogP contribution in [0.25, 0.3) is 0 Å². The van der Waals surface area contributed by atoms with Crippen LogP contribution < -0.4 is 0 Å². The van der Waals surface area contributed by atoms with Gasteiger partial charge in [0, 0.05) is 19.8 Å². The van der Waals surface area contributed by atoms with E-state index in [1.54, 1.807) is 83.1 Å². The first-order chi connectivity index (χ1) is 63.3. The van der Waals surface area contributed by atoms with Gasteiger partial charge in [0.15, 0.2) is 56.6 Å². The minimum atomic E-state index is -1.38. The highest BCUT2D eigenvalue weighted by Gasteiger charge is 2.53. The molecule has 54 heteroatoms. The van der Waals surface area contributed by atoms with Crippen molar-refractivity contribution in [2.45, 2.75) is 436 Å². The summed E-state index contributed by atoms with van der Waals surface area (Å²) in [7, 11) is 0. The molecule has 0 aromatic carbocycles. The van der Waals surface area contributed by atoms with Gasteiger partial charge < -0.3 is 269 Å². The van der Waals surface area contributed by atoms with Crippen molar-refractivity contribution in [1.82, 2.24) is 0 Å². The Kier molecular flexibility index (Phi) is 64.7. The third-order valence-corrected chi connectivity index (χ3v) is 21.7. The molecule has 0 aromatic heterocycles. The number of ether oxygens (including phenoxy) is 18. The number of aliphatic hydroxyl groups is 36. The van der Waals surface area contributed by atoms with E-state index >= 15 is 0 Å². The Balaban J connectivity index is 0.000000760. The summed E-state index contributed by atoms with van der Waals surface area (Å²) in [4.78, 5) is 0. The summed E-state index contributed by atoms with van der Waals surface area (Å²) in [6.45, 7) is 23.8. The van der Waals surface area contributed by atoms with Gasteiger partial charge in [-0.1, -0.05) is 20.8 Å². The number of hydrogen-bond acceptors (Lipinski definition) is 54. The Morgan fingerprint density at radius 2 is 0.274 bits per heavy atom. The first-order valence-electron chi connectivity index (χ1n) is 44.8. The smallest absolute Gasteiger partial charge is 0.186 e. The van der Waals surface area contributed by atoms with Crippen molar-refractivity contribution >= 4 is 0 Å². The van der Waals surface area contributed by atoms with E-state index in [1.165, 1.54) is 0 Å². The van der Waals surface area contributed by atoms with Crippen LogP contribution in [0.15, 0.2) is 0 Å². The highest BCUT2D eigenvalue weighted by Crippen LogP contribution is 2.32. The number of hydrogen-bond donors (Lipinski definition) is 36. The summed E-state index contributed by atoms with van der Waals surface area (Å²) in [6.07, 6.45) is -52.2. The second-order valence-electron chi connectivity index (χ2n) is 33.3. The highest BCUT2D eigenvalue weighted by molar-refractivity contribution is 4.96. The molecule has 135 heavy (non-hydrogen) atoms. The minimum absolute atomic E-state index is 0.138. The molecule has 9 heterocycles. The largest absolute Gasteiger partial charge is 0.394 e. The molecular weight excluding hydrogens is 1840 g/mol. The van der Waals surface area contributed by atoms with Crippen molar-refractivity contribution < 1.29 is 269 Å². The minimum Gasteiger partial charge on any atom is -0.394 e. The SMILES string of the molecule is CC(C)O[C@H]1OC(CO)[C@@H](O)C(O)[C@@H]1O.CC(C)O[C@H]1OC(CO)[C@@H](O)C(O)[C@H]1O.CC(C)O[C@H]1OC(CO)[C@H](O)C(O)[C@@H]1O.CCC(C)O[C@H]1OC(CO)[C@@H](O)C(O)[C@@H]1O.CCC(C)O[C@H]1OC(CO)[C@@H](O)C(O)[C@H]1O.CCC(C)O[C@H]1OC(CO)[C@H](O)C(O)[C@@H]1O.CCO[C@H]1OC(CO)[C@@H](O)C(O)[C@@H]1O.CCO[C@H]1OC(CO)[C@@H](O)C(O)[C@H]1O.CCO[C@H]1OC(CO)[C@H](O)C(O)[C@@H]1O. The van der Waals surface area contributed by atoms with E-state index in [0.717, 1.165) is 19.3 Å². The molecule has 9 fully saturated rings. The van der Waals surface area contributed by atoms with E-state index in [2.05, 4.69) is 0 Å². The summed E-state index contributed by atoms with van der Waals surface area (Å²) >= 11 is 0. The fourth-order valence-electron chi connectivity index (χ4n) is 13.0. The van der Waals surface area contributed by atoms with Gasteiger partial charge >= 0.3 is 0 Å². The van der Waals surface area contributed by atoms with Gasteiger partial charge in [-0.3, -0.25) is 0 Å². The van der Waals surface area contributed by atoms with Crippen molar-refractivity contribution in [3.05, 3.63) is 0 Å². The third-order valence-electron chi connectivity index (χ3n) is 21.7. The second-order valence-corrected chi connectivity index (χ2v) is 33.3. The molecular formula is C81H162O54. The van der Waals surface area contributed by atoms with Crippen LogP contribution in [-0.4, -0.2) is 576 Å². The maximum atomic E-state index is 9.62. The topological polar surface area (TPSA) is 894 Å². The fourth-order valence-corrected chi connectivity index (χ4v) is 13.0. The lowest BCUT2D eigenvalue weighted by molar-refractivity contribution is -0.310. The van der Waals surface area contributed by atoms with Crippen molar-refractivity contribution in [2.75, 3.05) is 79.3 Å². The monoisotopic (exact) mass is 2000 g/mol. The van der Waals surface area contributed by atoms with Crippen molar-refractivity contribution in [3.8, 4) is 0 Å². The Hall–Kier alpha value is -2.16. The van der Waals surface area contributed by atoms with Gasteiger partial charge in [0.25, 0.3) is 0 Å². The molecule has 0 aromatic rings. The first-order valence-corrected chi connectivity index (χ1v) is 44.8. The molecule has 0 spiro atoms. The second kappa shape index (κ2) is 66.8. The highest BCUT2D eigenvalue weighted by atomic mass is 16.8. The zero-order chi connectivity index (χ0) is 104. The molecule has 0 saturated carbocycles. The first kappa shape index (κ1) is 131. The van der Waals surface area contributed by atoms with Crippen molar-refractivity contribution in [3.63, 3.8) is 0 Å². The molecule has 48 atom stereocenters. The van der Waals surface area contributed by atoms with Gasteiger partial charge in [-0.25, -0.2) is 0 Å². The van der Waals surface area contributed by atoms with Crippen LogP contribution in [0.4, 0.5) is 0 Å². The normalized spacial score (nSPS) is 42.7. The maximum absolute atomic E-state index is 9.62. The van der Waals surface area contributed by atoms with E-state index in [0.29, 0.717) is 19.8 Å². The van der Waals surface area contributed by atoms with E-state index in [9.17, 15) is 138 Å². The molecule has 0 bridgehead atoms. The molecule has 36 N–H and O–H groups in total. The van der Waals surface area contributed by atoms with Gasteiger partial charge in [-0.15, -0.1) is 0 Å². The molecule has 0 aliphatic carbocycles. The van der Waals surface area contributed by atoms with Gasteiger partial charge in [0.2, 0.25) is 0 Å². The van der Waals surface area contributed by atoms with Crippen LogP contribution in [0, 0.1) is 0 Å². The molecule has 0 radical (unpaired) electrons. The van der Waals surface area contributed by atoms with Gasteiger partial charge in [-0.05, 0) is 102 Å². The molecule has 9 aliphatic rings. The molecule has 0 amide bonds. The van der Waals surface area contributed by atoms with Crippen molar-refractivity contribution in [1.29, 1.82) is 0 Å². The average molecular weight is 2000 g/mol. The summed E-state index contributed by atoms with van der Waals surface area (Å²) in [5.74, 6) is 0. The van der Waals surface area contributed by atoms with Gasteiger partial charge in [0.05, 0.1) is 96.1 Å². The summed E-state index contributed by atoms with van der Waals surface area (Å²) < 4.78 is 92.6. The molecule has 9 aliphatic heterocycles. The van der Waals surface area contributed by atoms with Gasteiger partial charge in [-0.2, -0.15) is 0 Å². The van der Waals surface area contributed by atoms with Crippen LogP contribution in [0.3, 0.4) is 0 Å². The van der Waals surface area contributed by atoms with Crippen molar-refractivity contribution in [2.24, 2.45) is 0 Å². The summed E-state index contributed by atoms with van der Waals surface area (Å²) in [6, 6.07) is 0. The standard InChI is InChI=1S/3C10H20O6.3C9H18O6.3C8H16O6/c3*1-3-5(2)15-10-9(14)8(13)7(12)6(4-11)16-10;3*1-4(2)14-9-8(13)7(12)6(11)5(3-10)15-9;3*1-2-13-8-7(12)6(11)5(10)4(3-9)14-8/h3*5-14H,3-4H2,1-2H3;3*4-13H,3H2,1-2H3;3*4-12H,2-3H2,1H3/t5?,6?,7-,8?,9+,10+;5?,6?,7-,8?,9-,10+;5?,6?,7-,8?,9-,10-;5?,6-,7?,8+,9+;5?,6-,7?,8-,9+;5?,6-,7?,8-,9-;4?,5-,6?,7+,8+;4?,5-,6?,7-,8+;4?,5-,6?,7-,8-/m110110110/s1. The Labute approximate surface area is 782 Å². The lowest BCUT2D eigenvalue weighted by atomic mass is 9.99. The lowest BCUT2D eigenvalue weighted by Crippen LogP contribution is -2.59. The summed E-state index contributed by atoms with van der Waals surface area (Å²) in [5, 5.41) is 335. The quantitative estimate of drug-likeness (QED) is 0.0318. The predicted molar refractivity (Wildman–Crippen MR) is 450 cm³/mol. The Bertz CT molecular complexity index is 2610. The Morgan fingerprint density at radius 3 is 0.378 bits per heavy atom. The van der Waals surface area contributed by atoms with Crippen LogP contribution in [0.1, 0.15) is 123 Å². The summed E-state index contributed by atoms with van der Waals surface area (Å²) in [5.41, 5.74) is 0. The van der Waals surface area contributed by atoms with Crippen LogP contribution in [-0.2, 0) is 85.3 Å². The maximum Gasteiger partial charge on any atom is 0.186 e. The predicted octanol–water partition coefficient (Wildman–Crippen LogP) is -16.1.